The third-order valence-electron chi connectivity index (χ3n) is 2.63. The fourth-order valence-electron chi connectivity index (χ4n) is 1.75. The van der Waals surface area contributed by atoms with Crippen molar-refractivity contribution in [3.05, 3.63) is 51.8 Å². The van der Waals surface area contributed by atoms with Crippen molar-refractivity contribution in [3.8, 4) is 0 Å². The first-order chi connectivity index (χ1) is 8.79. The van der Waals surface area contributed by atoms with E-state index < -0.39 is 17.8 Å². The second-order valence-corrected chi connectivity index (χ2v) is 4.96. The molecular formula is C12H10BrF3N2O. The first-order valence-corrected chi connectivity index (χ1v) is 6.12. The predicted octanol–water partition coefficient (Wildman–Crippen LogP) is 3.28. The van der Waals surface area contributed by atoms with Crippen LogP contribution in [0.1, 0.15) is 22.9 Å². The van der Waals surface area contributed by atoms with Gasteiger partial charge < -0.3 is 5.11 Å². The van der Waals surface area contributed by atoms with Crippen molar-refractivity contribution in [2.75, 3.05) is 0 Å². The van der Waals surface area contributed by atoms with Gasteiger partial charge in [-0.05, 0) is 23.8 Å². The van der Waals surface area contributed by atoms with Crippen LogP contribution in [0.25, 0.3) is 0 Å². The van der Waals surface area contributed by atoms with E-state index in [4.69, 9.17) is 0 Å². The molecule has 0 fully saturated rings. The number of aryl methyl sites for hydroxylation is 1. The quantitative estimate of drug-likeness (QED) is 0.915. The summed E-state index contributed by atoms with van der Waals surface area (Å²) in [6, 6.07) is 5.12. The Hall–Kier alpha value is -1.34. The Morgan fingerprint density at radius 2 is 2.00 bits per heavy atom. The molecule has 0 amide bonds. The number of rotatable bonds is 2. The lowest BCUT2D eigenvalue weighted by atomic mass is 10.00. The van der Waals surface area contributed by atoms with Crippen LogP contribution in [-0.2, 0) is 13.2 Å². The zero-order valence-electron chi connectivity index (χ0n) is 9.82. The Labute approximate surface area is 115 Å². The van der Waals surface area contributed by atoms with Gasteiger partial charge in [-0.25, -0.2) is 0 Å². The van der Waals surface area contributed by atoms with Crippen molar-refractivity contribution in [1.29, 1.82) is 0 Å². The van der Waals surface area contributed by atoms with Crippen molar-refractivity contribution in [1.82, 2.24) is 9.78 Å². The number of aromatic nitrogens is 2. The largest absolute Gasteiger partial charge is 0.416 e. The van der Waals surface area contributed by atoms with Crippen LogP contribution < -0.4 is 0 Å². The van der Waals surface area contributed by atoms with E-state index in [1.54, 1.807) is 13.2 Å². The van der Waals surface area contributed by atoms with Gasteiger partial charge in [0, 0.05) is 17.7 Å². The Balaban J connectivity index is 2.50. The van der Waals surface area contributed by atoms with Crippen LogP contribution in [0, 0.1) is 0 Å². The summed E-state index contributed by atoms with van der Waals surface area (Å²) in [6.45, 7) is 0. The van der Waals surface area contributed by atoms with Gasteiger partial charge in [0.25, 0.3) is 0 Å². The zero-order valence-corrected chi connectivity index (χ0v) is 11.4. The molecule has 1 atom stereocenters. The highest BCUT2D eigenvalue weighted by atomic mass is 79.9. The van der Waals surface area contributed by atoms with Crippen LogP contribution in [0.15, 0.2) is 34.9 Å². The molecule has 0 radical (unpaired) electrons. The third-order valence-corrected chi connectivity index (χ3v) is 3.12. The lowest BCUT2D eigenvalue weighted by Crippen LogP contribution is -2.13. The molecule has 7 heteroatoms. The highest BCUT2D eigenvalue weighted by molar-refractivity contribution is 9.10. The molecule has 1 heterocycles. The monoisotopic (exact) mass is 334 g/mol. The van der Waals surface area contributed by atoms with Crippen LogP contribution in [0.5, 0.6) is 0 Å². The molecule has 102 valence electrons. The molecule has 3 nitrogen and oxygen atoms in total. The topological polar surface area (TPSA) is 38.0 Å². The normalized spacial score (nSPS) is 13.6. The molecule has 1 aromatic heterocycles. The van der Waals surface area contributed by atoms with E-state index in [1.807, 2.05) is 0 Å². The van der Waals surface area contributed by atoms with Crippen LogP contribution in [0.3, 0.4) is 0 Å². The number of aliphatic hydroxyl groups is 1. The maximum atomic E-state index is 13.0. The Kier molecular flexibility index (Phi) is 3.69. The summed E-state index contributed by atoms with van der Waals surface area (Å²) in [4.78, 5) is 0. The number of benzene rings is 1. The van der Waals surface area contributed by atoms with Gasteiger partial charge in [-0.1, -0.05) is 22.0 Å². The summed E-state index contributed by atoms with van der Waals surface area (Å²) in [5, 5.41) is 14.0. The van der Waals surface area contributed by atoms with Crippen molar-refractivity contribution in [2.24, 2.45) is 7.05 Å². The highest BCUT2D eigenvalue weighted by Gasteiger charge is 2.35. The minimum absolute atomic E-state index is 0.176. The Morgan fingerprint density at radius 3 is 2.53 bits per heavy atom. The van der Waals surface area contributed by atoms with Gasteiger partial charge >= 0.3 is 6.18 Å². The number of hydrogen-bond acceptors (Lipinski definition) is 2. The number of hydrogen-bond donors (Lipinski definition) is 1. The van der Waals surface area contributed by atoms with Crippen molar-refractivity contribution >= 4 is 15.9 Å². The molecule has 1 unspecified atom stereocenters. The van der Waals surface area contributed by atoms with Crippen LogP contribution in [0.2, 0.25) is 0 Å². The lowest BCUT2D eigenvalue weighted by Gasteiger charge is -2.16. The SMILES string of the molecule is Cn1ccc(C(O)c2ccc(Br)cc2C(F)(F)F)n1. The second-order valence-electron chi connectivity index (χ2n) is 4.05. The van der Waals surface area contributed by atoms with Gasteiger partial charge in [-0.15, -0.1) is 0 Å². The van der Waals surface area contributed by atoms with Gasteiger partial charge in [-0.3, -0.25) is 4.68 Å². The minimum atomic E-state index is -4.53. The fraction of sp³-hybridized carbons (Fsp3) is 0.250. The number of halogens is 4. The third kappa shape index (κ3) is 2.98. The van der Waals surface area contributed by atoms with Gasteiger partial charge in [0.1, 0.15) is 6.10 Å². The van der Waals surface area contributed by atoms with E-state index in [0.29, 0.717) is 4.47 Å². The van der Waals surface area contributed by atoms with Crippen molar-refractivity contribution in [2.45, 2.75) is 12.3 Å². The van der Waals surface area contributed by atoms with E-state index in [2.05, 4.69) is 21.0 Å². The van der Waals surface area contributed by atoms with E-state index in [-0.39, 0.29) is 11.3 Å². The molecule has 2 aromatic rings. The minimum Gasteiger partial charge on any atom is -0.382 e. The molecule has 0 aliphatic rings. The average Bonchev–Trinajstić information content (AvgIpc) is 2.74. The number of nitrogens with zero attached hydrogens (tertiary/aromatic N) is 2. The summed E-state index contributed by atoms with van der Waals surface area (Å²) in [7, 11) is 1.63. The Bertz CT molecular complexity index is 595. The maximum Gasteiger partial charge on any atom is 0.416 e. The standard InChI is InChI=1S/C12H10BrF3N2O/c1-18-5-4-10(17-18)11(19)8-3-2-7(13)6-9(8)12(14,15)16/h2-6,11,19H,1H3. The molecule has 0 saturated heterocycles. The number of alkyl halides is 3. The molecule has 1 aromatic carbocycles. The van der Waals surface area contributed by atoms with Gasteiger partial charge in [-0.2, -0.15) is 18.3 Å². The van der Waals surface area contributed by atoms with Crippen LogP contribution in [-0.4, -0.2) is 14.9 Å². The average molecular weight is 335 g/mol. The van der Waals surface area contributed by atoms with E-state index in [0.717, 1.165) is 6.07 Å². The van der Waals surface area contributed by atoms with E-state index in [1.165, 1.54) is 22.9 Å². The Morgan fingerprint density at radius 1 is 1.32 bits per heavy atom. The van der Waals surface area contributed by atoms with Gasteiger partial charge in [0.15, 0.2) is 0 Å². The lowest BCUT2D eigenvalue weighted by molar-refractivity contribution is -0.139. The molecule has 1 N–H and O–H groups in total. The first-order valence-electron chi connectivity index (χ1n) is 5.33. The fourth-order valence-corrected chi connectivity index (χ4v) is 2.11. The van der Waals surface area contributed by atoms with Crippen molar-refractivity contribution < 1.29 is 18.3 Å². The van der Waals surface area contributed by atoms with E-state index in [9.17, 15) is 18.3 Å². The second kappa shape index (κ2) is 4.97. The number of aliphatic hydroxyl groups excluding tert-OH is 1. The summed E-state index contributed by atoms with van der Waals surface area (Å²) in [5.41, 5.74) is -0.912. The molecular weight excluding hydrogens is 325 g/mol. The summed E-state index contributed by atoms with van der Waals surface area (Å²) >= 11 is 3.00. The smallest absolute Gasteiger partial charge is 0.382 e. The zero-order chi connectivity index (χ0) is 14.2. The highest BCUT2D eigenvalue weighted by Crippen LogP contribution is 2.37. The summed E-state index contributed by atoms with van der Waals surface area (Å²) in [6.07, 6.45) is -4.38. The molecule has 0 aliphatic heterocycles. The molecule has 0 saturated carbocycles. The molecule has 0 bridgehead atoms. The van der Waals surface area contributed by atoms with E-state index >= 15 is 0 Å². The molecule has 19 heavy (non-hydrogen) atoms. The van der Waals surface area contributed by atoms with Crippen molar-refractivity contribution in [3.63, 3.8) is 0 Å². The van der Waals surface area contributed by atoms with Crippen LogP contribution >= 0.6 is 15.9 Å². The van der Waals surface area contributed by atoms with Gasteiger partial charge in [0.05, 0.1) is 11.3 Å². The summed E-state index contributed by atoms with van der Waals surface area (Å²) < 4.78 is 40.6. The molecule has 0 aliphatic carbocycles. The summed E-state index contributed by atoms with van der Waals surface area (Å²) in [5.74, 6) is 0. The van der Waals surface area contributed by atoms with Crippen LogP contribution in [0.4, 0.5) is 13.2 Å². The first kappa shape index (κ1) is 14.1. The predicted molar refractivity (Wildman–Crippen MR) is 66.4 cm³/mol. The molecule has 2 rings (SSSR count). The molecule has 0 spiro atoms. The van der Waals surface area contributed by atoms with Gasteiger partial charge in [0.2, 0.25) is 0 Å². The maximum absolute atomic E-state index is 13.0.